The molecule has 5 nitrogen and oxygen atoms in total. The predicted octanol–water partition coefficient (Wildman–Crippen LogP) is 3.00. The first-order valence-corrected chi connectivity index (χ1v) is 8.04. The standard InChI is InChI=1S/C17H13IN2O3/c1-20(15(21)10-11-6-2-4-8-13(11)18)17-19-14-9-5-3-7-12(14)16(22)23-17/h2-9H,10H2,1H3. The van der Waals surface area contributed by atoms with Gasteiger partial charge in [0.1, 0.15) is 0 Å². The van der Waals surface area contributed by atoms with Gasteiger partial charge in [0.25, 0.3) is 0 Å². The van der Waals surface area contributed by atoms with Crippen molar-refractivity contribution < 1.29 is 9.21 Å². The molecule has 0 aliphatic heterocycles. The molecule has 0 saturated carbocycles. The lowest BCUT2D eigenvalue weighted by Crippen LogP contribution is -2.29. The second-order valence-electron chi connectivity index (χ2n) is 5.02. The van der Waals surface area contributed by atoms with E-state index in [1.165, 1.54) is 4.90 Å². The van der Waals surface area contributed by atoms with E-state index in [1.807, 2.05) is 24.3 Å². The number of fused-ring (bicyclic) bond motifs is 1. The van der Waals surface area contributed by atoms with Crippen LogP contribution in [0.4, 0.5) is 6.01 Å². The number of benzene rings is 2. The van der Waals surface area contributed by atoms with Crippen molar-refractivity contribution in [2.45, 2.75) is 6.42 Å². The smallest absolute Gasteiger partial charge is 0.348 e. The number of rotatable bonds is 3. The predicted molar refractivity (Wildman–Crippen MR) is 96.6 cm³/mol. The number of amides is 1. The van der Waals surface area contributed by atoms with Gasteiger partial charge in [-0.25, -0.2) is 4.79 Å². The molecule has 1 aromatic heterocycles. The molecule has 1 heterocycles. The molecule has 0 unspecified atom stereocenters. The Morgan fingerprint density at radius 2 is 1.87 bits per heavy atom. The van der Waals surface area contributed by atoms with E-state index in [0.29, 0.717) is 10.9 Å². The monoisotopic (exact) mass is 420 g/mol. The SMILES string of the molecule is CN(C(=O)Cc1ccccc1I)c1nc2ccccc2c(=O)o1. The van der Waals surface area contributed by atoms with Gasteiger partial charge in [-0.3, -0.25) is 9.69 Å². The van der Waals surface area contributed by atoms with Crippen LogP contribution in [0, 0.1) is 3.57 Å². The summed E-state index contributed by atoms with van der Waals surface area (Å²) in [4.78, 5) is 30.0. The van der Waals surface area contributed by atoms with Gasteiger partial charge in [0, 0.05) is 10.6 Å². The molecule has 0 fully saturated rings. The molecule has 3 aromatic rings. The van der Waals surface area contributed by atoms with E-state index in [4.69, 9.17) is 4.42 Å². The maximum absolute atomic E-state index is 12.4. The quantitative estimate of drug-likeness (QED) is 0.612. The van der Waals surface area contributed by atoms with Gasteiger partial charge in [0.05, 0.1) is 17.3 Å². The first kappa shape index (κ1) is 15.7. The van der Waals surface area contributed by atoms with Crippen molar-refractivity contribution in [3.8, 4) is 0 Å². The number of carbonyl (C=O) groups excluding carboxylic acids is 1. The van der Waals surface area contributed by atoms with E-state index in [-0.39, 0.29) is 18.3 Å². The third-order valence-electron chi connectivity index (χ3n) is 3.48. The summed E-state index contributed by atoms with van der Waals surface area (Å²) in [7, 11) is 1.55. The third kappa shape index (κ3) is 3.26. The lowest BCUT2D eigenvalue weighted by molar-refractivity contribution is -0.117. The minimum absolute atomic E-state index is 0.00430. The van der Waals surface area contributed by atoms with Gasteiger partial charge in [-0.2, -0.15) is 4.98 Å². The van der Waals surface area contributed by atoms with Crippen LogP contribution in [0.15, 0.2) is 57.7 Å². The average molecular weight is 420 g/mol. The van der Waals surface area contributed by atoms with Crippen molar-refractivity contribution in [1.29, 1.82) is 0 Å². The Kier molecular flexibility index (Phi) is 4.42. The van der Waals surface area contributed by atoms with E-state index < -0.39 is 5.63 Å². The molecular formula is C17H13IN2O3. The van der Waals surface area contributed by atoms with Crippen molar-refractivity contribution in [2.24, 2.45) is 0 Å². The Bertz CT molecular complexity index is 936. The van der Waals surface area contributed by atoms with E-state index in [0.717, 1.165) is 9.13 Å². The van der Waals surface area contributed by atoms with E-state index in [1.54, 1.807) is 31.3 Å². The summed E-state index contributed by atoms with van der Waals surface area (Å²) in [5.41, 5.74) is 0.931. The summed E-state index contributed by atoms with van der Waals surface area (Å²) in [6.45, 7) is 0. The molecule has 3 rings (SSSR count). The van der Waals surface area contributed by atoms with Crippen molar-refractivity contribution in [3.05, 3.63) is 68.1 Å². The summed E-state index contributed by atoms with van der Waals surface area (Å²) >= 11 is 2.19. The molecule has 116 valence electrons. The molecule has 1 amide bonds. The van der Waals surface area contributed by atoms with E-state index >= 15 is 0 Å². The zero-order valence-corrected chi connectivity index (χ0v) is 14.5. The first-order chi connectivity index (χ1) is 11.1. The zero-order valence-electron chi connectivity index (χ0n) is 12.3. The number of hydrogen-bond acceptors (Lipinski definition) is 4. The Hall–Kier alpha value is -2.22. The summed E-state index contributed by atoms with van der Waals surface area (Å²) in [5, 5.41) is 0.398. The van der Waals surface area contributed by atoms with Crippen molar-refractivity contribution >= 4 is 45.4 Å². The van der Waals surface area contributed by atoms with Crippen LogP contribution in [0.1, 0.15) is 5.56 Å². The molecule has 0 spiro atoms. The molecule has 0 aliphatic rings. The van der Waals surface area contributed by atoms with Gasteiger partial charge in [0.15, 0.2) is 0 Å². The molecule has 0 saturated heterocycles. The fourth-order valence-corrected chi connectivity index (χ4v) is 2.76. The average Bonchev–Trinajstić information content (AvgIpc) is 2.56. The number of para-hydroxylation sites is 1. The highest BCUT2D eigenvalue weighted by Crippen LogP contribution is 2.16. The third-order valence-corrected chi connectivity index (χ3v) is 4.54. The minimum atomic E-state index is -0.500. The Morgan fingerprint density at radius 1 is 1.17 bits per heavy atom. The first-order valence-electron chi connectivity index (χ1n) is 6.96. The van der Waals surface area contributed by atoms with Gasteiger partial charge in [-0.1, -0.05) is 30.3 Å². The summed E-state index contributed by atoms with van der Waals surface area (Å²) in [5.74, 6) is -0.194. The largest absolute Gasteiger partial charge is 0.388 e. The second kappa shape index (κ2) is 6.49. The highest BCUT2D eigenvalue weighted by molar-refractivity contribution is 14.1. The topological polar surface area (TPSA) is 63.4 Å². The van der Waals surface area contributed by atoms with Gasteiger partial charge in [-0.15, -0.1) is 0 Å². The van der Waals surface area contributed by atoms with Crippen molar-refractivity contribution in [1.82, 2.24) is 4.98 Å². The van der Waals surface area contributed by atoms with Crippen LogP contribution in [0.5, 0.6) is 0 Å². The highest BCUT2D eigenvalue weighted by atomic mass is 127. The number of carbonyl (C=O) groups is 1. The molecule has 2 aromatic carbocycles. The molecule has 6 heteroatoms. The number of halogens is 1. The number of likely N-dealkylation sites (N-methyl/N-ethyl adjacent to an activating group) is 1. The molecule has 23 heavy (non-hydrogen) atoms. The fraction of sp³-hybridized carbons (Fsp3) is 0.118. The maximum Gasteiger partial charge on any atom is 0.348 e. The summed E-state index contributed by atoms with van der Waals surface area (Å²) in [6, 6.07) is 14.5. The van der Waals surface area contributed by atoms with E-state index in [9.17, 15) is 9.59 Å². The number of hydrogen-bond donors (Lipinski definition) is 0. The van der Waals surface area contributed by atoms with Crippen molar-refractivity contribution in [2.75, 3.05) is 11.9 Å². The number of nitrogens with zero attached hydrogens (tertiary/aromatic N) is 2. The van der Waals surface area contributed by atoms with Crippen LogP contribution in [-0.4, -0.2) is 17.9 Å². The van der Waals surface area contributed by atoms with Gasteiger partial charge < -0.3 is 4.42 Å². The molecule has 0 atom stereocenters. The lowest BCUT2D eigenvalue weighted by atomic mass is 10.1. The van der Waals surface area contributed by atoms with Crippen LogP contribution >= 0.6 is 22.6 Å². The van der Waals surface area contributed by atoms with Crippen LogP contribution in [0.25, 0.3) is 10.9 Å². The van der Waals surface area contributed by atoms with Gasteiger partial charge in [-0.05, 0) is 46.4 Å². The molecule has 0 radical (unpaired) electrons. The van der Waals surface area contributed by atoms with E-state index in [2.05, 4.69) is 27.6 Å². The van der Waals surface area contributed by atoms with Crippen LogP contribution < -0.4 is 10.5 Å². The van der Waals surface area contributed by atoms with Crippen molar-refractivity contribution in [3.63, 3.8) is 0 Å². The molecule has 0 bridgehead atoms. The van der Waals surface area contributed by atoms with Crippen LogP contribution in [0.3, 0.4) is 0 Å². The van der Waals surface area contributed by atoms with Gasteiger partial charge >= 0.3 is 11.6 Å². The summed E-state index contributed by atoms with van der Waals surface area (Å²) < 4.78 is 6.19. The Balaban J connectivity index is 1.91. The Labute approximate surface area is 146 Å². The van der Waals surface area contributed by atoms with Crippen LogP contribution in [-0.2, 0) is 11.2 Å². The molecular weight excluding hydrogens is 407 g/mol. The normalized spacial score (nSPS) is 10.7. The lowest BCUT2D eigenvalue weighted by Gasteiger charge is -2.15. The molecule has 0 N–H and O–H groups in total. The number of anilines is 1. The fourth-order valence-electron chi connectivity index (χ4n) is 2.18. The minimum Gasteiger partial charge on any atom is -0.388 e. The number of aromatic nitrogens is 1. The zero-order chi connectivity index (χ0) is 16.4. The Morgan fingerprint density at radius 3 is 2.65 bits per heavy atom. The summed E-state index contributed by atoms with van der Waals surface area (Å²) in [6.07, 6.45) is 0.216. The highest BCUT2D eigenvalue weighted by Gasteiger charge is 2.18. The second-order valence-corrected chi connectivity index (χ2v) is 6.18. The van der Waals surface area contributed by atoms with Crippen LogP contribution in [0.2, 0.25) is 0 Å². The maximum atomic E-state index is 12.4. The molecule has 0 aliphatic carbocycles. The van der Waals surface area contributed by atoms with Gasteiger partial charge in [0.2, 0.25) is 5.91 Å².